The standard InChI is InChI=1S/C26H24F4N2O3/c1-15-11-17(27)7-8-22(15)35-23-14-21(26(28,29)30)19(16-5-3-4-6-16)13-20(23)25(33)32-18-9-10-31-24(12-18)34-2/h7-14,16H,3-6H2,1-2H3,(H,31,32,33). The van der Waals surface area contributed by atoms with Crippen LogP contribution in [0.15, 0.2) is 48.7 Å². The third-order valence-electron chi connectivity index (χ3n) is 6.06. The van der Waals surface area contributed by atoms with Crippen molar-refractivity contribution in [3.8, 4) is 17.4 Å². The Labute approximate surface area is 200 Å². The number of rotatable bonds is 6. The number of ether oxygens (including phenoxy) is 2. The van der Waals surface area contributed by atoms with Crippen LogP contribution in [-0.2, 0) is 6.18 Å². The van der Waals surface area contributed by atoms with Crippen molar-refractivity contribution in [2.24, 2.45) is 0 Å². The van der Waals surface area contributed by atoms with E-state index < -0.39 is 23.5 Å². The van der Waals surface area contributed by atoms with Gasteiger partial charge in [0.15, 0.2) is 0 Å². The van der Waals surface area contributed by atoms with Gasteiger partial charge in [0, 0.05) is 18.0 Å². The number of halogens is 4. The smallest absolute Gasteiger partial charge is 0.416 e. The summed E-state index contributed by atoms with van der Waals surface area (Å²) in [6, 6.07) is 8.84. The molecule has 35 heavy (non-hydrogen) atoms. The van der Waals surface area contributed by atoms with Crippen molar-refractivity contribution in [3.05, 3.63) is 76.7 Å². The fourth-order valence-electron chi connectivity index (χ4n) is 4.32. The van der Waals surface area contributed by atoms with Gasteiger partial charge in [0.2, 0.25) is 5.88 Å². The lowest BCUT2D eigenvalue weighted by Gasteiger charge is -2.22. The number of carbonyl (C=O) groups excluding carboxylic acids is 1. The van der Waals surface area contributed by atoms with Gasteiger partial charge < -0.3 is 14.8 Å². The maximum atomic E-state index is 14.1. The minimum Gasteiger partial charge on any atom is -0.481 e. The quantitative estimate of drug-likeness (QED) is 0.371. The second-order valence-corrected chi connectivity index (χ2v) is 8.47. The fraction of sp³-hybridized carbons (Fsp3) is 0.308. The number of anilines is 1. The van der Waals surface area contributed by atoms with E-state index in [0.29, 0.717) is 24.1 Å². The number of benzene rings is 2. The summed E-state index contributed by atoms with van der Waals surface area (Å²) in [4.78, 5) is 17.3. The van der Waals surface area contributed by atoms with Crippen LogP contribution in [0.25, 0.3) is 0 Å². The number of pyridine rings is 1. The molecule has 2 aromatic carbocycles. The summed E-state index contributed by atoms with van der Waals surface area (Å²) in [5.74, 6) is -1.32. The average Bonchev–Trinajstić information content (AvgIpc) is 3.35. The summed E-state index contributed by atoms with van der Waals surface area (Å²) in [7, 11) is 1.43. The van der Waals surface area contributed by atoms with Crippen LogP contribution in [0, 0.1) is 12.7 Å². The molecule has 0 spiro atoms. The summed E-state index contributed by atoms with van der Waals surface area (Å²) in [6.07, 6.45) is -0.321. The Balaban J connectivity index is 1.82. The van der Waals surface area contributed by atoms with Gasteiger partial charge in [-0.1, -0.05) is 12.8 Å². The van der Waals surface area contributed by atoms with Gasteiger partial charge in [-0.15, -0.1) is 0 Å². The first kappa shape index (κ1) is 24.5. The number of hydrogen-bond donors (Lipinski definition) is 1. The first-order valence-corrected chi connectivity index (χ1v) is 11.2. The molecule has 1 fully saturated rings. The number of alkyl halides is 3. The highest BCUT2D eigenvalue weighted by molar-refractivity contribution is 6.06. The molecule has 9 heteroatoms. The molecule has 0 saturated heterocycles. The molecule has 1 saturated carbocycles. The second kappa shape index (κ2) is 9.93. The van der Waals surface area contributed by atoms with E-state index in [-0.39, 0.29) is 34.4 Å². The molecule has 5 nitrogen and oxygen atoms in total. The molecular formula is C26H24F4N2O3. The Morgan fingerprint density at radius 3 is 2.46 bits per heavy atom. The molecule has 184 valence electrons. The minimum absolute atomic E-state index is 0.0561. The predicted molar refractivity (Wildman–Crippen MR) is 123 cm³/mol. The summed E-state index contributed by atoms with van der Waals surface area (Å²) in [5.41, 5.74) is -0.0759. The first-order valence-electron chi connectivity index (χ1n) is 11.2. The van der Waals surface area contributed by atoms with Gasteiger partial charge in [-0.2, -0.15) is 13.2 Å². The highest BCUT2D eigenvalue weighted by Crippen LogP contribution is 2.45. The van der Waals surface area contributed by atoms with Crippen molar-refractivity contribution in [1.82, 2.24) is 4.98 Å². The van der Waals surface area contributed by atoms with Gasteiger partial charge >= 0.3 is 6.18 Å². The largest absolute Gasteiger partial charge is 0.481 e. The predicted octanol–water partition coefficient (Wildman–Crippen LogP) is 7.26. The van der Waals surface area contributed by atoms with Crippen molar-refractivity contribution < 1.29 is 31.8 Å². The Morgan fingerprint density at radius 2 is 1.80 bits per heavy atom. The third kappa shape index (κ3) is 5.55. The van der Waals surface area contributed by atoms with Crippen molar-refractivity contribution in [2.45, 2.75) is 44.7 Å². The molecule has 1 N–H and O–H groups in total. The number of nitrogens with one attached hydrogen (secondary N) is 1. The van der Waals surface area contributed by atoms with E-state index in [1.165, 1.54) is 43.6 Å². The molecule has 1 aliphatic carbocycles. The van der Waals surface area contributed by atoms with Crippen molar-refractivity contribution in [3.63, 3.8) is 0 Å². The van der Waals surface area contributed by atoms with Crippen molar-refractivity contribution >= 4 is 11.6 Å². The van der Waals surface area contributed by atoms with Crippen LogP contribution in [0.3, 0.4) is 0 Å². The number of hydrogen-bond acceptors (Lipinski definition) is 4. The van der Waals surface area contributed by atoms with Crippen LogP contribution in [-0.4, -0.2) is 18.0 Å². The molecule has 0 aliphatic heterocycles. The van der Waals surface area contributed by atoms with E-state index in [0.717, 1.165) is 25.0 Å². The number of carbonyl (C=O) groups is 1. The SMILES string of the molecule is COc1cc(NC(=O)c2cc(C3CCCC3)c(C(F)(F)F)cc2Oc2ccc(F)cc2C)ccn1. The molecule has 3 aromatic rings. The van der Waals surface area contributed by atoms with Gasteiger partial charge in [-0.25, -0.2) is 9.37 Å². The van der Waals surface area contributed by atoms with Gasteiger partial charge in [0.05, 0.1) is 18.2 Å². The highest BCUT2D eigenvalue weighted by atomic mass is 19.4. The van der Waals surface area contributed by atoms with E-state index in [2.05, 4.69) is 10.3 Å². The Morgan fingerprint density at radius 1 is 1.06 bits per heavy atom. The minimum atomic E-state index is -4.64. The summed E-state index contributed by atoms with van der Waals surface area (Å²) >= 11 is 0. The number of aromatic nitrogens is 1. The average molecular weight is 488 g/mol. The lowest BCUT2D eigenvalue weighted by atomic mass is 9.90. The van der Waals surface area contributed by atoms with Crippen molar-refractivity contribution in [1.29, 1.82) is 0 Å². The summed E-state index contributed by atoms with van der Waals surface area (Å²) < 4.78 is 66.7. The van der Waals surface area contributed by atoms with Crippen LogP contribution in [0.4, 0.5) is 23.2 Å². The van der Waals surface area contributed by atoms with Gasteiger partial charge in [0.1, 0.15) is 17.3 Å². The molecular weight excluding hydrogens is 464 g/mol. The van der Waals surface area contributed by atoms with E-state index in [1.54, 1.807) is 6.92 Å². The van der Waals surface area contributed by atoms with E-state index in [1.807, 2.05) is 0 Å². The number of aryl methyl sites for hydroxylation is 1. The van der Waals surface area contributed by atoms with Crippen LogP contribution >= 0.6 is 0 Å². The molecule has 0 unspecified atom stereocenters. The molecule has 1 aromatic heterocycles. The Bertz CT molecular complexity index is 1240. The Kier molecular flexibility index (Phi) is 6.95. The van der Waals surface area contributed by atoms with Crippen LogP contribution in [0.2, 0.25) is 0 Å². The molecule has 0 bridgehead atoms. The number of amides is 1. The Hall–Kier alpha value is -3.62. The molecule has 1 heterocycles. The zero-order chi connectivity index (χ0) is 25.2. The highest BCUT2D eigenvalue weighted by Gasteiger charge is 2.38. The zero-order valence-corrected chi connectivity index (χ0v) is 19.2. The first-order chi connectivity index (χ1) is 16.7. The number of methoxy groups -OCH3 is 1. The maximum Gasteiger partial charge on any atom is 0.416 e. The van der Waals surface area contributed by atoms with Crippen LogP contribution < -0.4 is 14.8 Å². The zero-order valence-electron chi connectivity index (χ0n) is 19.2. The van der Waals surface area contributed by atoms with Crippen LogP contribution in [0.1, 0.15) is 58.6 Å². The van der Waals surface area contributed by atoms with Crippen molar-refractivity contribution in [2.75, 3.05) is 12.4 Å². The maximum absolute atomic E-state index is 14.1. The summed E-state index contributed by atoms with van der Waals surface area (Å²) in [5, 5.41) is 2.68. The third-order valence-corrected chi connectivity index (χ3v) is 6.06. The molecule has 1 amide bonds. The monoisotopic (exact) mass is 488 g/mol. The lowest BCUT2D eigenvalue weighted by Crippen LogP contribution is -2.17. The van der Waals surface area contributed by atoms with Crippen LogP contribution in [0.5, 0.6) is 17.4 Å². The second-order valence-electron chi connectivity index (χ2n) is 8.47. The molecule has 0 radical (unpaired) electrons. The summed E-state index contributed by atoms with van der Waals surface area (Å²) in [6.45, 7) is 1.57. The number of nitrogens with zero attached hydrogens (tertiary/aromatic N) is 1. The van der Waals surface area contributed by atoms with E-state index in [9.17, 15) is 22.4 Å². The fourth-order valence-corrected chi connectivity index (χ4v) is 4.32. The van der Waals surface area contributed by atoms with Gasteiger partial charge in [0.25, 0.3) is 5.91 Å². The van der Waals surface area contributed by atoms with E-state index >= 15 is 0 Å². The van der Waals surface area contributed by atoms with Gasteiger partial charge in [-0.05, 0) is 73.2 Å². The normalized spacial score (nSPS) is 14.1. The van der Waals surface area contributed by atoms with E-state index in [4.69, 9.17) is 9.47 Å². The molecule has 4 rings (SSSR count). The molecule has 1 aliphatic rings. The lowest BCUT2D eigenvalue weighted by molar-refractivity contribution is -0.138. The van der Waals surface area contributed by atoms with Gasteiger partial charge in [-0.3, -0.25) is 4.79 Å². The molecule has 0 atom stereocenters. The topological polar surface area (TPSA) is 60.5 Å².